The second kappa shape index (κ2) is 8.77. The Morgan fingerprint density at radius 3 is 2.64 bits per heavy atom. The van der Waals surface area contributed by atoms with Gasteiger partial charge < -0.3 is 20.9 Å². The van der Waals surface area contributed by atoms with Gasteiger partial charge in [0.25, 0.3) is 0 Å². The van der Waals surface area contributed by atoms with Crippen molar-refractivity contribution in [3.63, 3.8) is 0 Å². The highest BCUT2D eigenvalue weighted by Gasteiger charge is 2.21. The van der Waals surface area contributed by atoms with Gasteiger partial charge in [0, 0.05) is 11.4 Å². The molecule has 1 amide bonds. The maximum absolute atomic E-state index is 11.3. The SMILES string of the molecule is Cc1cc(N)c2c(OCC(C)(C)NC(=O)CO)cccc2n1.O=C=O. The number of benzene rings is 1. The summed E-state index contributed by atoms with van der Waals surface area (Å²) in [5, 5.41) is 12.3. The lowest BCUT2D eigenvalue weighted by Crippen LogP contribution is -2.48. The van der Waals surface area contributed by atoms with Crippen LogP contribution in [-0.2, 0) is 14.4 Å². The summed E-state index contributed by atoms with van der Waals surface area (Å²) in [6.07, 6.45) is 0.250. The molecule has 0 saturated carbocycles. The van der Waals surface area contributed by atoms with Crippen LogP contribution < -0.4 is 15.8 Å². The zero-order valence-corrected chi connectivity index (χ0v) is 14.3. The van der Waals surface area contributed by atoms with Crippen LogP contribution in [0.25, 0.3) is 10.9 Å². The van der Waals surface area contributed by atoms with E-state index in [4.69, 9.17) is 25.2 Å². The Hall–Kier alpha value is -2.96. The Balaban J connectivity index is 0.000000970. The van der Waals surface area contributed by atoms with Crippen molar-refractivity contribution in [2.75, 3.05) is 18.9 Å². The third kappa shape index (κ3) is 5.87. The number of nitrogen functional groups attached to an aromatic ring is 1. The van der Waals surface area contributed by atoms with Crippen LogP contribution in [0.3, 0.4) is 0 Å². The number of aryl methyl sites for hydroxylation is 1. The molecule has 0 aliphatic rings. The van der Waals surface area contributed by atoms with Crippen molar-refractivity contribution in [1.29, 1.82) is 0 Å². The van der Waals surface area contributed by atoms with E-state index in [1.807, 2.05) is 39.0 Å². The monoisotopic (exact) mass is 347 g/mol. The standard InChI is InChI=1S/C16H21N3O3.CO2/c1-10-7-11(17)15-12(18-10)5-4-6-13(15)22-9-16(2,3)19-14(21)8-20;2-1-3/h4-7,20H,8-9H2,1-3H3,(H2,17,18)(H,19,21);. The summed E-state index contributed by atoms with van der Waals surface area (Å²) in [5.74, 6) is 0.178. The molecule has 0 radical (unpaired) electrons. The number of anilines is 1. The van der Waals surface area contributed by atoms with E-state index >= 15 is 0 Å². The number of pyridine rings is 1. The molecule has 2 aromatic rings. The molecule has 25 heavy (non-hydrogen) atoms. The van der Waals surface area contributed by atoms with E-state index in [1.54, 1.807) is 6.07 Å². The molecule has 0 bridgehead atoms. The van der Waals surface area contributed by atoms with Crippen LogP contribution in [0.1, 0.15) is 19.5 Å². The number of nitrogens with two attached hydrogens (primary N) is 1. The van der Waals surface area contributed by atoms with Crippen LogP contribution >= 0.6 is 0 Å². The smallest absolute Gasteiger partial charge is 0.373 e. The lowest BCUT2D eigenvalue weighted by molar-refractivity contribution is -0.191. The number of hydrogen-bond acceptors (Lipinski definition) is 7. The first-order valence-corrected chi connectivity index (χ1v) is 7.44. The highest BCUT2D eigenvalue weighted by molar-refractivity contribution is 5.95. The Morgan fingerprint density at radius 2 is 2.04 bits per heavy atom. The Kier molecular flexibility index (Phi) is 7.05. The fraction of sp³-hybridized carbons (Fsp3) is 0.353. The van der Waals surface area contributed by atoms with Gasteiger partial charge in [-0.3, -0.25) is 9.78 Å². The number of fused-ring (bicyclic) bond motifs is 1. The molecular formula is C17H21N3O5. The second-order valence-electron chi connectivity index (χ2n) is 5.97. The summed E-state index contributed by atoms with van der Waals surface area (Å²) in [7, 11) is 0. The van der Waals surface area contributed by atoms with Gasteiger partial charge in [0.1, 0.15) is 19.0 Å². The third-order valence-electron chi connectivity index (χ3n) is 3.16. The van der Waals surface area contributed by atoms with Crippen LogP contribution in [0.4, 0.5) is 5.69 Å². The molecule has 2 rings (SSSR count). The average Bonchev–Trinajstić information content (AvgIpc) is 2.52. The van der Waals surface area contributed by atoms with Crippen molar-refractivity contribution >= 4 is 28.6 Å². The number of rotatable bonds is 5. The number of amides is 1. The minimum absolute atomic E-state index is 0.241. The molecule has 4 N–H and O–H groups in total. The lowest BCUT2D eigenvalue weighted by Gasteiger charge is -2.26. The zero-order valence-electron chi connectivity index (χ0n) is 14.3. The summed E-state index contributed by atoms with van der Waals surface area (Å²) < 4.78 is 5.83. The van der Waals surface area contributed by atoms with Crippen molar-refractivity contribution < 1.29 is 24.2 Å². The Morgan fingerprint density at radius 1 is 1.40 bits per heavy atom. The van der Waals surface area contributed by atoms with Crippen LogP contribution in [0.5, 0.6) is 5.75 Å². The van der Waals surface area contributed by atoms with E-state index in [0.717, 1.165) is 16.6 Å². The summed E-state index contributed by atoms with van der Waals surface area (Å²) in [5.41, 5.74) is 7.68. The first-order valence-electron chi connectivity index (χ1n) is 7.44. The molecule has 1 heterocycles. The van der Waals surface area contributed by atoms with E-state index in [2.05, 4.69) is 10.3 Å². The van der Waals surface area contributed by atoms with Crippen LogP contribution in [0, 0.1) is 6.92 Å². The molecule has 0 aliphatic carbocycles. The van der Waals surface area contributed by atoms with Gasteiger partial charge in [-0.1, -0.05) is 6.07 Å². The molecule has 8 nitrogen and oxygen atoms in total. The number of nitrogens with one attached hydrogen (secondary N) is 1. The number of aliphatic hydroxyl groups is 1. The summed E-state index contributed by atoms with van der Waals surface area (Å²) >= 11 is 0. The van der Waals surface area contributed by atoms with E-state index in [-0.39, 0.29) is 12.8 Å². The van der Waals surface area contributed by atoms with Crippen LogP contribution in [0.2, 0.25) is 0 Å². The van der Waals surface area contributed by atoms with Crippen molar-refractivity contribution in [1.82, 2.24) is 10.3 Å². The fourth-order valence-electron chi connectivity index (χ4n) is 2.25. The fourth-order valence-corrected chi connectivity index (χ4v) is 2.25. The first-order chi connectivity index (χ1) is 11.7. The summed E-state index contributed by atoms with van der Waals surface area (Å²) in [6, 6.07) is 7.35. The number of carbonyl (C=O) groups excluding carboxylic acids is 3. The van der Waals surface area contributed by atoms with Crippen molar-refractivity contribution in [3.8, 4) is 5.75 Å². The predicted molar refractivity (Wildman–Crippen MR) is 90.7 cm³/mol. The molecule has 0 saturated heterocycles. The lowest BCUT2D eigenvalue weighted by atomic mass is 10.1. The van der Waals surface area contributed by atoms with Crippen LogP contribution in [0.15, 0.2) is 24.3 Å². The number of carbonyl (C=O) groups is 1. The Labute approximate surface area is 145 Å². The quantitative estimate of drug-likeness (QED) is 0.729. The average molecular weight is 347 g/mol. The van der Waals surface area contributed by atoms with Gasteiger partial charge in [0.2, 0.25) is 5.91 Å². The number of aromatic nitrogens is 1. The largest absolute Gasteiger partial charge is 0.490 e. The molecular weight excluding hydrogens is 326 g/mol. The van der Waals surface area contributed by atoms with E-state index in [1.165, 1.54) is 0 Å². The van der Waals surface area contributed by atoms with E-state index < -0.39 is 18.1 Å². The minimum atomic E-state index is -0.616. The number of nitrogens with zero attached hydrogens (tertiary/aromatic N) is 1. The molecule has 0 unspecified atom stereocenters. The maximum Gasteiger partial charge on any atom is 0.373 e. The number of aliphatic hydroxyl groups excluding tert-OH is 1. The maximum atomic E-state index is 11.3. The summed E-state index contributed by atoms with van der Waals surface area (Å²) in [6.45, 7) is 5.21. The molecule has 8 heteroatoms. The highest BCUT2D eigenvalue weighted by Crippen LogP contribution is 2.30. The van der Waals surface area contributed by atoms with Crippen molar-refractivity contribution in [3.05, 3.63) is 30.0 Å². The van der Waals surface area contributed by atoms with Gasteiger partial charge in [-0.15, -0.1) is 0 Å². The molecule has 0 spiro atoms. The number of ether oxygens (including phenoxy) is 1. The molecule has 1 aromatic heterocycles. The highest BCUT2D eigenvalue weighted by atomic mass is 16.5. The van der Waals surface area contributed by atoms with Gasteiger partial charge in [-0.2, -0.15) is 9.59 Å². The summed E-state index contributed by atoms with van der Waals surface area (Å²) in [4.78, 5) is 32.0. The first kappa shape index (κ1) is 20.1. The zero-order chi connectivity index (χ0) is 19.0. The molecule has 134 valence electrons. The van der Waals surface area contributed by atoms with Crippen molar-refractivity contribution in [2.24, 2.45) is 0 Å². The molecule has 0 aliphatic heterocycles. The topological polar surface area (TPSA) is 132 Å². The Bertz CT molecular complexity index is 783. The second-order valence-corrected chi connectivity index (χ2v) is 5.97. The molecule has 0 fully saturated rings. The van der Waals surface area contributed by atoms with Gasteiger partial charge in [-0.25, -0.2) is 0 Å². The van der Waals surface area contributed by atoms with Gasteiger partial charge >= 0.3 is 6.15 Å². The van der Waals surface area contributed by atoms with Crippen molar-refractivity contribution in [2.45, 2.75) is 26.3 Å². The van der Waals surface area contributed by atoms with E-state index in [9.17, 15) is 4.79 Å². The minimum Gasteiger partial charge on any atom is -0.490 e. The predicted octanol–water partition coefficient (Wildman–Crippen LogP) is 0.808. The normalized spacial score (nSPS) is 10.4. The number of hydrogen-bond donors (Lipinski definition) is 3. The van der Waals surface area contributed by atoms with E-state index in [0.29, 0.717) is 11.4 Å². The molecule has 1 aromatic carbocycles. The third-order valence-corrected chi connectivity index (χ3v) is 3.16. The van der Waals surface area contributed by atoms with Crippen LogP contribution in [-0.4, -0.2) is 40.9 Å². The van der Waals surface area contributed by atoms with Gasteiger partial charge in [0.05, 0.1) is 16.4 Å². The van der Waals surface area contributed by atoms with Gasteiger partial charge in [-0.05, 0) is 39.0 Å². The van der Waals surface area contributed by atoms with Gasteiger partial charge in [0.15, 0.2) is 0 Å². The molecule has 0 atom stereocenters.